The third-order valence-corrected chi connectivity index (χ3v) is 4.32. The van der Waals surface area contributed by atoms with Gasteiger partial charge in [0.25, 0.3) is 0 Å². The Hall–Kier alpha value is -0.570. The Morgan fingerprint density at radius 3 is 2.41 bits per heavy atom. The van der Waals surface area contributed by atoms with Gasteiger partial charge in [0.2, 0.25) is 5.91 Å². The van der Waals surface area contributed by atoms with Gasteiger partial charge in [0.1, 0.15) is 0 Å². The Bertz CT molecular complexity index is 276. The molecule has 1 aliphatic heterocycles. The average Bonchev–Trinajstić information content (AvgIpc) is 2.64. The number of nitrogens with zero attached hydrogens (tertiary/aromatic N) is 1. The number of likely N-dealkylation sites (tertiary alicyclic amines) is 1. The molecule has 1 saturated heterocycles. The molecule has 0 radical (unpaired) electrons. The van der Waals surface area contributed by atoms with E-state index in [1.54, 1.807) is 0 Å². The van der Waals surface area contributed by atoms with Gasteiger partial charge in [0.05, 0.1) is 0 Å². The highest BCUT2D eigenvalue weighted by atomic mass is 16.3. The van der Waals surface area contributed by atoms with E-state index in [1.165, 1.54) is 12.8 Å². The number of amides is 1. The van der Waals surface area contributed by atoms with E-state index in [4.69, 9.17) is 5.11 Å². The summed E-state index contributed by atoms with van der Waals surface area (Å²) in [5, 5.41) is 9.02. The molecular weight excluding hydrogens is 214 g/mol. The molecule has 1 heterocycles. The smallest absolute Gasteiger partial charge is 0.228 e. The standard InChI is InChI=1S/C14H25NO2/c1-11(2)7-14(5-3-4-6-14)13(17)15-8-12(9-15)10-16/h11-12,16H,3-10H2,1-2H3. The summed E-state index contributed by atoms with van der Waals surface area (Å²) in [6.07, 6.45) is 5.59. The van der Waals surface area contributed by atoms with Gasteiger partial charge in [-0.1, -0.05) is 26.7 Å². The van der Waals surface area contributed by atoms with Crippen LogP contribution in [0.25, 0.3) is 0 Å². The monoisotopic (exact) mass is 239 g/mol. The molecule has 3 heteroatoms. The van der Waals surface area contributed by atoms with Crippen LogP contribution in [0.5, 0.6) is 0 Å². The van der Waals surface area contributed by atoms with Gasteiger partial charge >= 0.3 is 0 Å². The largest absolute Gasteiger partial charge is 0.396 e. The molecule has 0 unspecified atom stereocenters. The molecule has 0 aromatic carbocycles. The highest BCUT2D eigenvalue weighted by Gasteiger charge is 2.46. The second-order valence-electron chi connectivity index (χ2n) is 6.34. The van der Waals surface area contributed by atoms with Gasteiger partial charge in [-0.2, -0.15) is 0 Å². The third kappa shape index (κ3) is 2.49. The molecule has 1 saturated carbocycles. The Labute approximate surface area is 104 Å². The number of carbonyl (C=O) groups is 1. The van der Waals surface area contributed by atoms with Crippen LogP contribution in [0, 0.1) is 17.3 Å². The summed E-state index contributed by atoms with van der Waals surface area (Å²) >= 11 is 0. The first-order valence-electron chi connectivity index (χ1n) is 6.97. The van der Waals surface area contributed by atoms with Gasteiger partial charge < -0.3 is 10.0 Å². The van der Waals surface area contributed by atoms with Crippen LogP contribution in [0.2, 0.25) is 0 Å². The van der Waals surface area contributed by atoms with Crippen molar-refractivity contribution < 1.29 is 9.90 Å². The third-order valence-electron chi connectivity index (χ3n) is 4.32. The molecule has 0 atom stereocenters. The lowest BCUT2D eigenvalue weighted by atomic mass is 9.76. The van der Waals surface area contributed by atoms with Crippen LogP contribution in [-0.4, -0.2) is 35.6 Å². The predicted octanol–water partition coefficient (Wildman–Crippen LogP) is 2.04. The summed E-state index contributed by atoms with van der Waals surface area (Å²) in [7, 11) is 0. The first kappa shape index (κ1) is 12.9. The summed E-state index contributed by atoms with van der Waals surface area (Å²) in [6, 6.07) is 0. The summed E-state index contributed by atoms with van der Waals surface area (Å²) in [5.74, 6) is 1.29. The zero-order valence-corrected chi connectivity index (χ0v) is 11.1. The van der Waals surface area contributed by atoms with Gasteiger partial charge in [0.15, 0.2) is 0 Å². The highest BCUT2D eigenvalue weighted by molar-refractivity contribution is 5.83. The molecule has 3 nitrogen and oxygen atoms in total. The van der Waals surface area contributed by atoms with E-state index in [0.717, 1.165) is 32.4 Å². The summed E-state index contributed by atoms with van der Waals surface area (Å²) < 4.78 is 0. The molecular formula is C14H25NO2. The average molecular weight is 239 g/mol. The molecule has 0 spiro atoms. The number of aliphatic hydroxyl groups excluding tert-OH is 1. The van der Waals surface area contributed by atoms with Crippen LogP contribution in [-0.2, 0) is 4.79 Å². The normalized spacial score (nSPS) is 24.1. The van der Waals surface area contributed by atoms with Gasteiger partial charge in [0, 0.05) is 31.0 Å². The number of hydrogen-bond acceptors (Lipinski definition) is 2. The van der Waals surface area contributed by atoms with E-state index in [2.05, 4.69) is 13.8 Å². The van der Waals surface area contributed by atoms with Crippen LogP contribution in [0.4, 0.5) is 0 Å². The molecule has 0 bridgehead atoms. The first-order chi connectivity index (χ1) is 8.07. The number of rotatable bonds is 4. The molecule has 2 rings (SSSR count). The maximum atomic E-state index is 12.6. The van der Waals surface area contributed by atoms with Gasteiger partial charge in [-0.05, 0) is 25.2 Å². The highest BCUT2D eigenvalue weighted by Crippen LogP contribution is 2.45. The fraction of sp³-hybridized carbons (Fsp3) is 0.929. The van der Waals surface area contributed by atoms with Gasteiger partial charge in [-0.3, -0.25) is 4.79 Å². The summed E-state index contributed by atoms with van der Waals surface area (Å²) in [4.78, 5) is 14.6. The van der Waals surface area contributed by atoms with E-state index in [0.29, 0.717) is 17.7 Å². The van der Waals surface area contributed by atoms with Crippen molar-refractivity contribution in [1.29, 1.82) is 0 Å². The summed E-state index contributed by atoms with van der Waals surface area (Å²) in [6.45, 7) is 6.19. The summed E-state index contributed by atoms with van der Waals surface area (Å²) in [5.41, 5.74) is -0.0609. The van der Waals surface area contributed by atoms with Crippen molar-refractivity contribution in [2.45, 2.75) is 46.0 Å². The molecule has 2 aliphatic rings. The molecule has 2 fully saturated rings. The van der Waals surface area contributed by atoms with Crippen LogP contribution < -0.4 is 0 Å². The molecule has 0 aromatic rings. The van der Waals surface area contributed by atoms with Crippen molar-refractivity contribution in [3.63, 3.8) is 0 Å². The Morgan fingerprint density at radius 2 is 1.94 bits per heavy atom. The Kier molecular flexibility index (Phi) is 3.76. The fourth-order valence-electron chi connectivity index (χ4n) is 3.53. The SMILES string of the molecule is CC(C)CC1(C(=O)N2CC(CO)C2)CCCC1. The minimum atomic E-state index is -0.0609. The van der Waals surface area contributed by atoms with E-state index < -0.39 is 0 Å². The van der Waals surface area contributed by atoms with Crippen molar-refractivity contribution in [2.75, 3.05) is 19.7 Å². The number of aliphatic hydroxyl groups is 1. The molecule has 1 aliphatic carbocycles. The number of hydrogen-bond donors (Lipinski definition) is 1. The van der Waals surface area contributed by atoms with Crippen molar-refractivity contribution in [3.05, 3.63) is 0 Å². The molecule has 98 valence electrons. The molecule has 0 aromatic heterocycles. The first-order valence-corrected chi connectivity index (χ1v) is 6.97. The topological polar surface area (TPSA) is 40.5 Å². The predicted molar refractivity (Wildman–Crippen MR) is 67.5 cm³/mol. The molecule has 17 heavy (non-hydrogen) atoms. The minimum absolute atomic E-state index is 0.0609. The van der Waals surface area contributed by atoms with Crippen LogP contribution in [0.15, 0.2) is 0 Å². The van der Waals surface area contributed by atoms with Crippen molar-refractivity contribution >= 4 is 5.91 Å². The molecule has 1 amide bonds. The van der Waals surface area contributed by atoms with Crippen molar-refractivity contribution in [1.82, 2.24) is 4.90 Å². The van der Waals surface area contributed by atoms with Gasteiger partial charge in [-0.25, -0.2) is 0 Å². The second-order valence-corrected chi connectivity index (χ2v) is 6.34. The lowest BCUT2D eigenvalue weighted by Crippen LogP contribution is -2.56. The van der Waals surface area contributed by atoms with Crippen LogP contribution in [0.1, 0.15) is 46.0 Å². The maximum absolute atomic E-state index is 12.6. The number of carbonyl (C=O) groups excluding carboxylic acids is 1. The lowest BCUT2D eigenvalue weighted by Gasteiger charge is -2.44. The van der Waals surface area contributed by atoms with Crippen LogP contribution in [0.3, 0.4) is 0 Å². The fourth-order valence-corrected chi connectivity index (χ4v) is 3.53. The minimum Gasteiger partial charge on any atom is -0.396 e. The van der Waals surface area contributed by atoms with Crippen LogP contribution >= 0.6 is 0 Å². The zero-order chi connectivity index (χ0) is 12.5. The van der Waals surface area contributed by atoms with E-state index >= 15 is 0 Å². The van der Waals surface area contributed by atoms with E-state index in [9.17, 15) is 4.79 Å². The van der Waals surface area contributed by atoms with Crippen molar-refractivity contribution in [2.24, 2.45) is 17.3 Å². The van der Waals surface area contributed by atoms with Crippen molar-refractivity contribution in [3.8, 4) is 0 Å². The van der Waals surface area contributed by atoms with E-state index in [1.807, 2.05) is 4.90 Å². The quantitative estimate of drug-likeness (QED) is 0.815. The maximum Gasteiger partial charge on any atom is 0.228 e. The zero-order valence-electron chi connectivity index (χ0n) is 11.1. The lowest BCUT2D eigenvalue weighted by molar-refractivity contribution is -0.150. The second kappa shape index (κ2) is 4.97. The van der Waals surface area contributed by atoms with E-state index in [-0.39, 0.29) is 12.0 Å². The molecule has 1 N–H and O–H groups in total. The van der Waals surface area contributed by atoms with Gasteiger partial charge in [-0.15, -0.1) is 0 Å². The Balaban J connectivity index is 1.99. The Morgan fingerprint density at radius 1 is 1.35 bits per heavy atom.